The van der Waals surface area contributed by atoms with E-state index in [-0.39, 0.29) is 5.97 Å². The van der Waals surface area contributed by atoms with Gasteiger partial charge in [-0.1, -0.05) is 6.07 Å². The monoisotopic (exact) mass is 296 g/mol. The molecule has 0 saturated heterocycles. The maximum atomic E-state index is 11.2. The highest BCUT2D eigenvalue weighted by Crippen LogP contribution is 2.36. The molecule has 0 aliphatic heterocycles. The summed E-state index contributed by atoms with van der Waals surface area (Å²) in [5.41, 5.74) is 0. The first-order valence-corrected chi connectivity index (χ1v) is 7.22. The minimum absolute atomic E-state index is 0.134. The first-order valence-electron chi connectivity index (χ1n) is 7.22. The number of methoxy groups -OCH3 is 2. The molecule has 118 valence electrons. The van der Waals surface area contributed by atoms with Crippen LogP contribution in [0.15, 0.2) is 18.2 Å². The van der Waals surface area contributed by atoms with Crippen molar-refractivity contribution < 1.29 is 23.7 Å². The lowest BCUT2D eigenvalue weighted by atomic mass is 10.2. The van der Waals surface area contributed by atoms with Crippen LogP contribution in [0.5, 0.6) is 17.2 Å². The summed E-state index contributed by atoms with van der Waals surface area (Å²) in [4.78, 5) is 11.2. The molecule has 0 fully saturated rings. The molecule has 0 amide bonds. The minimum Gasteiger partial charge on any atom is -0.493 e. The van der Waals surface area contributed by atoms with Crippen LogP contribution in [-0.4, -0.2) is 33.4 Å². The average Bonchev–Trinajstić information content (AvgIpc) is 2.50. The van der Waals surface area contributed by atoms with Crippen molar-refractivity contribution in [3.05, 3.63) is 18.2 Å². The Balaban J connectivity index is 2.31. The van der Waals surface area contributed by atoms with E-state index in [0.29, 0.717) is 36.9 Å². The molecule has 0 bridgehead atoms. The van der Waals surface area contributed by atoms with Crippen molar-refractivity contribution in [2.45, 2.75) is 32.6 Å². The fraction of sp³-hybridized carbons (Fsp3) is 0.562. The number of para-hydroxylation sites is 1. The third kappa shape index (κ3) is 5.94. The second-order valence-electron chi connectivity index (χ2n) is 4.46. The summed E-state index contributed by atoms with van der Waals surface area (Å²) in [5, 5.41) is 0. The fourth-order valence-electron chi connectivity index (χ4n) is 1.92. The summed E-state index contributed by atoms with van der Waals surface area (Å²) >= 11 is 0. The number of ether oxygens (including phenoxy) is 4. The van der Waals surface area contributed by atoms with Crippen molar-refractivity contribution in [2.75, 3.05) is 27.4 Å². The van der Waals surface area contributed by atoms with E-state index in [9.17, 15) is 4.79 Å². The van der Waals surface area contributed by atoms with Crippen molar-refractivity contribution in [2.24, 2.45) is 0 Å². The van der Waals surface area contributed by atoms with Gasteiger partial charge in [-0.2, -0.15) is 0 Å². The summed E-state index contributed by atoms with van der Waals surface area (Å²) in [6.07, 6.45) is 3.05. The number of carbonyl (C=O) groups is 1. The van der Waals surface area contributed by atoms with Gasteiger partial charge in [-0.3, -0.25) is 4.79 Å². The molecule has 1 aromatic carbocycles. The van der Waals surface area contributed by atoms with Gasteiger partial charge in [-0.15, -0.1) is 0 Å². The molecule has 0 heterocycles. The van der Waals surface area contributed by atoms with Crippen molar-refractivity contribution in [1.29, 1.82) is 0 Å². The van der Waals surface area contributed by atoms with Crippen LogP contribution in [0, 0.1) is 0 Å². The summed E-state index contributed by atoms with van der Waals surface area (Å²) in [6.45, 7) is 2.81. The molecule has 0 aliphatic rings. The standard InChI is InChI=1S/C16H24O5/c1-4-20-15(17)11-6-5-7-12-21-16-13(18-2)9-8-10-14(16)19-3/h8-10H,4-7,11-12H2,1-3H3. The molecule has 0 radical (unpaired) electrons. The van der Waals surface area contributed by atoms with Gasteiger partial charge < -0.3 is 18.9 Å². The highest BCUT2D eigenvalue weighted by Gasteiger charge is 2.10. The van der Waals surface area contributed by atoms with E-state index in [1.807, 2.05) is 25.1 Å². The maximum Gasteiger partial charge on any atom is 0.305 e. The SMILES string of the molecule is CCOC(=O)CCCCCOc1c(OC)cccc1OC. The third-order valence-electron chi connectivity index (χ3n) is 2.96. The van der Waals surface area contributed by atoms with Gasteiger partial charge in [-0.05, 0) is 38.3 Å². The maximum absolute atomic E-state index is 11.2. The molecule has 5 nitrogen and oxygen atoms in total. The fourth-order valence-corrected chi connectivity index (χ4v) is 1.92. The zero-order valence-electron chi connectivity index (χ0n) is 13.0. The van der Waals surface area contributed by atoms with E-state index >= 15 is 0 Å². The van der Waals surface area contributed by atoms with Crippen LogP contribution in [0.2, 0.25) is 0 Å². The molecule has 0 spiro atoms. The quantitative estimate of drug-likeness (QED) is 0.490. The third-order valence-corrected chi connectivity index (χ3v) is 2.96. The number of carbonyl (C=O) groups excluding carboxylic acids is 1. The largest absolute Gasteiger partial charge is 0.493 e. The second kappa shape index (κ2) is 9.91. The Kier molecular flexibility index (Phi) is 8.09. The molecule has 0 atom stereocenters. The van der Waals surface area contributed by atoms with E-state index in [0.717, 1.165) is 19.3 Å². The van der Waals surface area contributed by atoms with Gasteiger partial charge in [0.05, 0.1) is 27.4 Å². The van der Waals surface area contributed by atoms with Crippen molar-refractivity contribution in [3.63, 3.8) is 0 Å². The number of rotatable bonds is 10. The first kappa shape index (κ1) is 17.1. The molecule has 21 heavy (non-hydrogen) atoms. The second-order valence-corrected chi connectivity index (χ2v) is 4.46. The van der Waals surface area contributed by atoms with Gasteiger partial charge in [0.2, 0.25) is 5.75 Å². The lowest BCUT2D eigenvalue weighted by Crippen LogP contribution is -2.04. The van der Waals surface area contributed by atoms with Gasteiger partial charge in [-0.25, -0.2) is 0 Å². The highest BCUT2D eigenvalue weighted by atomic mass is 16.5. The van der Waals surface area contributed by atoms with Crippen LogP contribution in [0.25, 0.3) is 0 Å². The Morgan fingerprint density at radius 3 is 2.29 bits per heavy atom. The van der Waals surface area contributed by atoms with Gasteiger partial charge in [0.15, 0.2) is 11.5 Å². The topological polar surface area (TPSA) is 54.0 Å². The summed E-state index contributed by atoms with van der Waals surface area (Å²) in [7, 11) is 3.20. The van der Waals surface area contributed by atoms with Gasteiger partial charge in [0.1, 0.15) is 0 Å². The van der Waals surface area contributed by atoms with Gasteiger partial charge in [0.25, 0.3) is 0 Å². The zero-order valence-corrected chi connectivity index (χ0v) is 13.0. The molecular weight excluding hydrogens is 272 g/mol. The van der Waals surface area contributed by atoms with Crippen molar-refractivity contribution in [1.82, 2.24) is 0 Å². The van der Waals surface area contributed by atoms with Gasteiger partial charge >= 0.3 is 5.97 Å². The average molecular weight is 296 g/mol. The molecule has 1 aromatic rings. The predicted octanol–water partition coefficient (Wildman–Crippen LogP) is 3.21. The van der Waals surface area contributed by atoms with Crippen LogP contribution in [0.3, 0.4) is 0 Å². The Morgan fingerprint density at radius 2 is 1.71 bits per heavy atom. The van der Waals surface area contributed by atoms with Crippen molar-refractivity contribution >= 4 is 5.97 Å². The Bertz CT molecular complexity index is 408. The molecule has 0 aromatic heterocycles. The van der Waals surface area contributed by atoms with E-state index < -0.39 is 0 Å². The van der Waals surface area contributed by atoms with Crippen LogP contribution in [0.4, 0.5) is 0 Å². The lowest BCUT2D eigenvalue weighted by Gasteiger charge is -2.13. The normalized spacial score (nSPS) is 10.0. The van der Waals surface area contributed by atoms with Crippen LogP contribution in [-0.2, 0) is 9.53 Å². The van der Waals surface area contributed by atoms with Crippen LogP contribution < -0.4 is 14.2 Å². The lowest BCUT2D eigenvalue weighted by molar-refractivity contribution is -0.143. The number of unbranched alkanes of at least 4 members (excludes halogenated alkanes) is 2. The number of hydrogen-bond acceptors (Lipinski definition) is 5. The Hall–Kier alpha value is -1.91. The molecule has 0 unspecified atom stereocenters. The minimum atomic E-state index is -0.134. The van der Waals surface area contributed by atoms with E-state index in [4.69, 9.17) is 18.9 Å². The zero-order chi connectivity index (χ0) is 15.5. The number of benzene rings is 1. The molecule has 0 saturated carbocycles. The molecule has 5 heteroatoms. The number of hydrogen-bond donors (Lipinski definition) is 0. The molecule has 0 aliphatic carbocycles. The summed E-state index contributed by atoms with van der Waals surface area (Å²) in [5.74, 6) is 1.79. The predicted molar refractivity (Wildman–Crippen MR) is 80.1 cm³/mol. The first-order chi connectivity index (χ1) is 10.2. The Morgan fingerprint density at radius 1 is 1.05 bits per heavy atom. The molecule has 0 N–H and O–H groups in total. The van der Waals surface area contributed by atoms with E-state index in [2.05, 4.69) is 0 Å². The van der Waals surface area contributed by atoms with Crippen LogP contribution in [0.1, 0.15) is 32.6 Å². The van der Waals surface area contributed by atoms with Gasteiger partial charge in [0, 0.05) is 6.42 Å². The van der Waals surface area contributed by atoms with E-state index in [1.165, 1.54) is 0 Å². The summed E-state index contributed by atoms with van der Waals surface area (Å²) in [6, 6.07) is 5.51. The van der Waals surface area contributed by atoms with Crippen molar-refractivity contribution in [3.8, 4) is 17.2 Å². The van der Waals surface area contributed by atoms with E-state index in [1.54, 1.807) is 14.2 Å². The molecular formula is C16H24O5. The Labute approximate surface area is 126 Å². The number of esters is 1. The smallest absolute Gasteiger partial charge is 0.305 e. The highest BCUT2D eigenvalue weighted by molar-refractivity contribution is 5.69. The summed E-state index contributed by atoms with van der Waals surface area (Å²) < 4.78 is 21.1. The van der Waals surface area contributed by atoms with Crippen LogP contribution >= 0.6 is 0 Å². The molecule has 1 rings (SSSR count).